The van der Waals surface area contributed by atoms with Gasteiger partial charge < -0.3 is 20.3 Å². The first-order valence-electron chi connectivity index (χ1n) is 5.99. The lowest BCUT2D eigenvalue weighted by atomic mass is 9.96. The van der Waals surface area contributed by atoms with E-state index in [0.29, 0.717) is 24.6 Å². The minimum absolute atomic E-state index is 0.253. The van der Waals surface area contributed by atoms with Crippen LogP contribution >= 0.6 is 0 Å². The van der Waals surface area contributed by atoms with Gasteiger partial charge >= 0.3 is 5.95 Å². The first-order valence-corrected chi connectivity index (χ1v) is 5.99. The van der Waals surface area contributed by atoms with Crippen molar-refractivity contribution in [3.63, 3.8) is 0 Å². The quantitative estimate of drug-likeness (QED) is 0.790. The normalized spacial score (nSPS) is 12.6. The number of amides is 1. The number of nitrogens with one attached hydrogen (secondary N) is 1. The Hall–Kier alpha value is -1.56. The Morgan fingerprint density at radius 3 is 2.67 bits per heavy atom. The third-order valence-corrected chi connectivity index (χ3v) is 3.05. The van der Waals surface area contributed by atoms with E-state index in [1.54, 1.807) is 6.92 Å². The Bertz CT molecular complexity index is 401. The third-order valence-electron chi connectivity index (χ3n) is 3.05. The summed E-state index contributed by atoms with van der Waals surface area (Å²) in [7, 11) is 1.47. The number of ether oxygens (including phenoxy) is 1. The number of carbonyl (C=O) groups excluding carboxylic acids is 1. The molecule has 0 aromatic carbocycles. The number of hydrogen-bond acceptors (Lipinski definition) is 5. The molecule has 3 N–H and O–H groups in total. The lowest BCUT2D eigenvalue weighted by Crippen LogP contribution is -2.35. The zero-order valence-corrected chi connectivity index (χ0v) is 11.3. The summed E-state index contributed by atoms with van der Waals surface area (Å²) in [6.45, 7) is 6.95. The van der Waals surface area contributed by atoms with Crippen molar-refractivity contribution in [3.05, 3.63) is 11.3 Å². The maximum atomic E-state index is 11.9. The molecule has 0 saturated carbocycles. The van der Waals surface area contributed by atoms with Crippen molar-refractivity contribution in [1.29, 1.82) is 0 Å². The van der Waals surface area contributed by atoms with E-state index in [-0.39, 0.29) is 23.5 Å². The number of nitrogens with zero attached hydrogens (tertiary/aromatic N) is 1. The molecule has 1 unspecified atom stereocenters. The Morgan fingerprint density at radius 2 is 2.22 bits per heavy atom. The summed E-state index contributed by atoms with van der Waals surface area (Å²) < 4.78 is 9.82. The smallest absolute Gasteiger partial charge is 0.314 e. The first-order chi connectivity index (χ1) is 8.51. The van der Waals surface area contributed by atoms with Crippen LogP contribution < -0.4 is 15.8 Å². The minimum Gasteiger partial charge on any atom is -0.467 e. The van der Waals surface area contributed by atoms with Gasteiger partial charge in [-0.3, -0.25) is 4.79 Å². The zero-order valence-electron chi connectivity index (χ0n) is 11.3. The molecule has 1 heterocycles. The maximum Gasteiger partial charge on any atom is 0.314 e. The van der Waals surface area contributed by atoms with Crippen molar-refractivity contribution in [2.24, 2.45) is 17.6 Å². The van der Waals surface area contributed by atoms with Gasteiger partial charge in [0.15, 0.2) is 5.69 Å². The number of nitrogens with two attached hydrogens (primary N) is 1. The number of rotatable bonds is 6. The van der Waals surface area contributed by atoms with Crippen LogP contribution in [0.2, 0.25) is 0 Å². The highest BCUT2D eigenvalue weighted by atomic mass is 16.6. The molecule has 18 heavy (non-hydrogen) atoms. The van der Waals surface area contributed by atoms with Gasteiger partial charge in [-0.15, -0.1) is 0 Å². The number of aromatic nitrogens is 1. The van der Waals surface area contributed by atoms with Crippen LogP contribution in [0.1, 0.15) is 29.9 Å². The maximum absolute atomic E-state index is 11.9. The van der Waals surface area contributed by atoms with E-state index in [1.807, 2.05) is 0 Å². The zero-order chi connectivity index (χ0) is 13.7. The van der Waals surface area contributed by atoms with Crippen LogP contribution in [0.3, 0.4) is 0 Å². The SMILES string of the molecule is COc1onc(C(=O)NCC(CN)C(C)C)c1C. The van der Waals surface area contributed by atoms with Crippen molar-refractivity contribution in [1.82, 2.24) is 10.5 Å². The second-order valence-electron chi connectivity index (χ2n) is 4.60. The molecule has 0 radical (unpaired) electrons. The molecule has 0 aliphatic rings. The number of hydrogen-bond donors (Lipinski definition) is 2. The van der Waals surface area contributed by atoms with Gasteiger partial charge in [-0.1, -0.05) is 19.0 Å². The minimum atomic E-state index is -0.265. The highest BCUT2D eigenvalue weighted by Crippen LogP contribution is 2.20. The number of methoxy groups -OCH3 is 1. The fourth-order valence-electron chi connectivity index (χ4n) is 1.62. The van der Waals surface area contributed by atoms with E-state index < -0.39 is 0 Å². The fraction of sp³-hybridized carbons (Fsp3) is 0.667. The third kappa shape index (κ3) is 3.22. The van der Waals surface area contributed by atoms with Gasteiger partial charge in [0.05, 0.1) is 12.7 Å². The van der Waals surface area contributed by atoms with E-state index in [4.69, 9.17) is 15.0 Å². The van der Waals surface area contributed by atoms with Crippen LogP contribution in [0.15, 0.2) is 4.52 Å². The average molecular weight is 255 g/mol. The van der Waals surface area contributed by atoms with Crippen LogP contribution in [0.25, 0.3) is 0 Å². The Kier molecular flexibility index (Phi) is 5.15. The first kappa shape index (κ1) is 14.5. The van der Waals surface area contributed by atoms with E-state index in [1.165, 1.54) is 7.11 Å². The largest absolute Gasteiger partial charge is 0.467 e. The predicted octanol–water partition coefficient (Wildman–Crippen LogP) is 0.952. The standard InChI is InChI=1S/C12H21N3O3/c1-7(2)9(5-13)6-14-11(16)10-8(3)12(17-4)18-15-10/h7,9H,5-6,13H2,1-4H3,(H,14,16). The molecule has 102 valence electrons. The number of carbonyl (C=O) groups is 1. The van der Waals surface area contributed by atoms with E-state index in [2.05, 4.69) is 24.3 Å². The van der Waals surface area contributed by atoms with Crippen molar-refractivity contribution < 1.29 is 14.1 Å². The van der Waals surface area contributed by atoms with Gasteiger partial charge in [0, 0.05) is 6.54 Å². The van der Waals surface area contributed by atoms with Gasteiger partial charge in [0.25, 0.3) is 5.91 Å². The molecule has 6 nitrogen and oxygen atoms in total. The Labute approximate surface area is 107 Å². The summed E-state index contributed by atoms with van der Waals surface area (Å²) in [5.41, 5.74) is 6.51. The molecule has 0 spiro atoms. The summed E-state index contributed by atoms with van der Waals surface area (Å²) in [5, 5.41) is 6.50. The van der Waals surface area contributed by atoms with Crippen molar-refractivity contribution >= 4 is 5.91 Å². The highest BCUT2D eigenvalue weighted by molar-refractivity contribution is 5.93. The predicted molar refractivity (Wildman–Crippen MR) is 67.5 cm³/mol. The molecule has 0 aliphatic heterocycles. The highest BCUT2D eigenvalue weighted by Gasteiger charge is 2.20. The molecule has 1 rings (SSSR count). The van der Waals surface area contributed by atoms with Gasteiger partial charge in [-0.25, -0.2) is 0 Å². The van der Waals surface area contributed by atoms with Crippen LogP contribution in [-0.4, -0.2) is 31.3 Å². The molecule has 0 saturated heterocycles. The van der Waals surface area contributed by atoms with E-state index in [9.17, 15) is 4.79 Å². The monoisotopic (exact) mass is 255 g/mol. The fourth-order valence-corrected chi connectivity index (χ4v) is 1.62. The lowest BCUT2D eigenvalue weighted by Gasteiger charge is -2.18. The van der Waals surface area contributed by atoms with Crippen LogP contribution in [0.5, 0.6) is 5.95 Å². The molecule has 0 fully saturated rings. The molecule has 0 bridgehead atoms. The van der Waals surface area contributed by atoms with Crippen LogP contribution in [0, 0.1) is 18.8 Å². The van der Waals surface area contributed by atoms with Crippen molar-refractivity contribution in [3.8, 4) is 5.95 Å². The summed E-state index contributed by atoms with van der Waals surface area (Å²) in [6.07, 6.45) is 0. The summed E-state index contributed by atoms with van der Waals surface area (Å²) in [4.78, 5) is 11.9. The molecule has 0 aliphatic carbocycles. The van der Waals surface area contributed by atoms with Crippen molar-refractivity contribution in [2.75, 3.05) is 20.2 Å². The molecule has 6 heteroatoms. The van der Waals surface area contributed by atoms with E-state index in [0.717, 1.165) is 0 Å². The lowest BCUT2D eigenvalue weighted by molar-refractivity contribution is 0.0934. The van der Waals surface area contributed by atoms with Crippen LogP contribution in [-0.2, 0) is 0 Å². The second-order valence-corrected chi connectivity index (χ2v) is 4.60. The molecule has 1 aromatic heterocycles. The summed E-state index contributed by atoms with van der Waals surface area (Å²) in [5.74, 6) is 0.671. The van der Waals surface area contributed by atoms with Gasteiger partial charge in [-0.2, -0.15) is 0 Å². The van der Waals surface area contributed by atoms with Gasteiger partial charge in [0.2, 0.25) is 0 Å². The molecule has 1 amide bonds. The summed E-state index contributed by atoms with van der Waals surface area (Å²) >= 11 is 0. The molecule has 1 atom stereocenters. The van der Waals surface area contributed by atoms with Crippen LogP contribution in [0.4, 0.5) is 0 Å². The average Bonchev–Trinajstić information content (AvgIpc) is 2.70. The van der Waals surface area contributed by atoms with Gasteiger partial charge in [-0.05, 0) is 25.3 Å². The summed E-state index contributed by atoms with van der Waals surface area (Å²) in [6, 6.07) is 0. The molecular formula is C12H21N3O3. The molecule has 1 aromatic rings. The van der Waals surface area contributed by atoms with E-state index >= 15 is 0 Å². The second kappa shape index (κ2) is 6.39. The van der Waals surface area contributed by atoms with Crippen molar-refractivity contribution in [2.45, 2.75) is 20.8 Å². The Morgan fingerprint density at radius 1 is 1.56 bits per heavy atom. The van der Waals surface area contributed by atoms with Gasteiger partial charge in [0.1, 0.15) is 0 Å². The topological polar surface area (TPSA) is 90.4 Å². The Balaban J connectivity index is 2.62. The molecular weight excluding hydrogens is 234 g/mol.